The van der Waals surface area contributed by atoms with Gasteiger partial charge in [-0.15, -0.1) is 0 Å². The number of phenolic OH excluding ortho intramolecular Hbond substituents is 1. The van der Waals surface area contributed by atoms with Crippen LogP contribution in [0, 0.1) is 5.82 Å². The molecule has 0 unspecified atom stereocenters. The SMILES string of the molecule is CN1CCN2CCN(C(=O)c3cc(O)ccc3F)C[C@@H]2C1. The summed E-state index contributed by atoms with van der Waals surface area (Å²) in [5, 5.41) is 9.45. The Labute approximate surface area is 123 Å². The van der Waals surface area contributed by atoms with Gasteiger partial charge in [0, 0.05) is 45.3 Å². The molecule has 0 aromatic heterocycles. The minimum absolute atomic E-state index is 0.0485. The molecule has 1 aromatic carbocycles. The number of piperazine rings is 2. The second kappa shape index (κ2) is 5.61. The van der Waals surface area contributed by atoms with Gasteiger partial charge in [0.15, 0.2) is 0 Å². The fourth-order valence-electron chi connectivity index (χ4n) is 3.14. The van der Waals surface area contributed by atoms with E-state index in [1.165, 1.54) is 12.1 Å². The Morgan fingerprint density at radius 1 is 1.24 bits per heavy atom. The van der Waals surface area contributed by atoms with E-state index in [2.05, 4.69) is 16.8 Å². The molecule has 5 nitrogen and oxygen atoms in total. The van der Waals surface area contributed by atoms with E-state index in [0.717, 1.165) is 32.2 Å². The second-order valence-electron chi connectivity index (χ2n) is 5.87. The number of likely N-dealkylation sites (N-methyl/N-ethyl adjacent to an activating group) is 1. The molecule has 1 N–H and O–H groups in total. The average molecular weight is 293 g/mol. The zero-order valence-electron chi connectivity index (χ0n) is 12.1. The number of rotatable bonds is 1. The first-order chi connectivity index (χ1) is 10.0. The van der Waals surface area contributed by atoms with Crippen molar-refractivity contribution in [2.24, 2.45) is 0 Å². The van der Waals surface area contributed by atoms with Crippen LogP contribution in [0.1, 0.15) is 10.4 Å². The van der Waals surface area contributed by atoms with Gasteiger partial charge < -0.3 is 14.9 Å². The third kappa shape index (κ3) is 2.87. The number of benzene rings is 1. The van der Waals surface area contributed by atoms with Crippen molar-refractivity contribution in [1.29, 1.82) is 0 Å². The summed E-state index contributed by atoms with van der Waals surface area (Å²) in [6.07, 6.45) is 0. The molecule has 114 valence electrons. The Balaban J connectivity index is 1.75. The summed E-state index contributed by atoms with van der Waals surface area (Å²) >= 11 is 0. The summed E-state index contributed by atoms with van der Waals surface area (Å²) < 4.78 is 13.8. The molecule has 1 aromatic rings. The maximum atomic E-state index is 13.8. The van der Waals surface area contributed by atoms with Crippen LogP contribution in [-0.2, 0) is 0 Å². The van der Waals surface area contributed by atoms with Gasteiger partial charge in [-0.2, -0.15) is 0 Å². The van der Waals surface area contributed by atoms with Crippen LogP contribution in [0.4, 0.5) is 4.39 Å². The molecular formula is C15H20FN3O2. The molecule has 0 bridgehead atoms. The van der Waals surface area contributed by atoms with Crippen LogP contribution in [0.5, 0.6) is 5.75 Å². The second-order valence-corrected chi connectivity index (χ2v) is 5.87. The lowest BCUT2D eigenvalue weighted by molar-refractivity contribution is 0.0187. The van der Waals surface area contributed by atoms with Gasteiger partial charge in [-0.1, -0.05) is 0 Å². The fraction of sp³-hybridized carbons (Fsp3) is 0.533. The maximum absolute atomic E-state index is 13.8. The molecule has 0 aliphatic carbocycles. The lowest BCUT2D eigenvalue weighted by atomic mass is 10.1. The lowest BCUT2D eigenvalue weighted by Crippen LogP contribution is -2.62. The van der Waals surface area contributed by atoms with Gasteiger partial charge in [0.1, 0.15) is 11.6 Å². The first-order valence-corrected chi connectivity index (χ1v) is 7.25. The molecule has 2 saturated heterocycles. The zero-order chi connectivity index (χ0) is 15.0. The standard InChI is InChI=1S/C15H20FN3O2/c1-17-4-5-18-6-7-19(10-11(18)9-17)15(21)13-8-12(20)2-3-14(13)16/h2-3,8,11,20H,4-7,9-10H2,1H3/t11-/m0/s1. The number of halogens is 1. The minimum Gasteiger partial charge on any atom is -0.508 e. The van der Waals surface area contributed by atoms with Gasteiger partial charge >= 0.3 is 0 Å². The molecule has 2 heterocycles. The topological polar surface area (TPSA) is 47.0 Å². The highest BCUT2D eigenvalue weighted by molar-refractivity contribution is 5.95. The van der Waals surface area contributed by atoms with Gasteiger partial charge in [-0.3, -0.25) is 9.69 Å². The van der Waals surface area contributed by atoms with Crippen molar-refractivity contribution >= 4 is 5.91 Å². The van der Waals surface area contributed by atoms with Crippen LogP contribution < -0.4 is 0 Å². The van der Waals surface area contributed by atoms with Gasteiger partial charge in [0.05, 0.1) is 5.56 Å². The molecule has 0 radical (unpaired) electrons. The van der Waals surface area contributed by atoms with Gasteiger partial charge in [-0.05, 0) is 25.2 Å². The molecule has 21 heavy (non-hydrogen) atoms. The number of hydrogen-bond donors (Lipinski definition) is 1. The molecule has 2 aliphatic rings. The van der Waals surface area contributed by atoms with Crippen molar-refractivity contribution in [3.05, 3.63) is 29.6 Å². The molecule has 1 amide bonds. The van der Waals surface area contributed by atoms with E-state index in [1.54, 1.807) is 4.90 Å². The van der Waals surface area contributed by atoms with E-state index >= 15 is 0 Å². The number of carbonyl (C=O) groups is 1. The summed E-state index contributed by atoms with van der Waals surface area (Å²) in [4.78, 5) is 18.8. The zero-order valence-corrected chi connectivity index (χ0v) is 12.1. The van der Waals surface area contributed by atoms with Crippen LogP contribution in [0.3, 0.4) is 0 Å². The van der Waals surface area contributed by atoms with Crippen LogP contribution >= 0.6 is 0 Å². The van der Waals surface area contributed by atoms with E-state index in [9.17, 15) is 14.3 Å². The van der Waals surface area contributed by atoms with Crippen molar-refractivity contribution < 1.29 is 14.3 Å². The summed E-state index contributed by atoms with van der Waals surface area (Å²) in [5.74, 6) is -1.01. The van der Waals surface area contributed by atoms with Crippen molar-refractivity contribution in [1.82, 2.24) is 14.7 Å². The summed E-state index contributed by atoms with van der Waals surface area (Å²) in [5.41, 5.74) is -0.0485. The van der Waals surface area contributed by atoms with Crippen LogP contribution in [-0.4, -0.2) is 78.1 Å². The quantitative estimate of drug-likeness (QED) is 0.824. The molecule has 2 aliphatic heterocycles. The van der Waals surface area contributed by atoms with Crippen molar-refractivity contribution in [2.45, 2.75) is 6.04 Å². The van der Waals surface area contributed by atoms with Crippen molar-refractivity contribution in [2.75, 3.05) is 46.3 Å². The van der Waals surface area contributed by atoms with E-state index in [0.29, 0.717) is 19.1 Å². The number of carbonyl (C=O) groups excluding carboxylic acids is 1. The van der Waals surface area contributed by atoms with Crippen molar-refractivity contribution in [3.63, 3.8) is 0 Å². The Kier molecular flexibility index (Phi) is 3.82. The van der Waals surface area contributed by atoms with Gasteiger partial charge in [0.2, 0.25) is 0 Å². The van der Waals surface area contributed by atoms with Crippen molar-refractivity contribution in [3.8, 4) is 5.75 Å². The Morgan fingerprint density at radius 2 is 2.00 bits per heavy atom. The molecular weight excluding hydrogens is 273 g/mol. The predicted octanol–water partition coefficient (Wildman–Crippen LogP) is 0.603. The average Bonchev–Trinajstić information content (AvgIpc) is 2.48. The Morgan fingerprint density at radius 3 is 2.81 bits per heavy atom. The van der Waals surface area contributed by atoms with E-state index in [1.807, 2.05) is 0 Å². The van der Waals surface area contributed by atoms with E-state index in [-0.39, 0.29) is 17.2 Å². The highest BCUT2D eigenvalue weighted by atomic mass is 19.1. The van der Waals surface area contributed by atoms with Crippen LogP contribution in [0.2, 0.25) is 0 Å². The van der Waals surface area contributed by atoms with E-state index < -0.39 is 5.82 Å². The highest BCUT2D eigenvalue weighted by Crippen LogP contribution is 2.20. The number of hydrogen-bond acceptors (Lipinski definition) is 4. The molecule has 0 saturated carbocycles. The third-order valence-corrected chi connectivity index (χ3v) is 4.36. The first kappa shape index (κ1) is 14.3. The number of phenols is 1. The molecule has 1 atom stereocenters. The molecule has 2 fully saturated rings. The fourth-order valence-corrected chi connectivity index (χ4v) is 3.14. The summed E-state index contributed by atoms with van der Waals surface area (Å²) in [7, 11) is 2.08. The largest absolute Gasteiger partial charge is 0.508 e. The predicted molar refractivity (Wildman–Crippen MR) is 76.8 cm³/mol. The first-order valence-electron chi connectivity index (χ1n) is 7.25. The minimum atomic E-state index is -0.582. The lowest BCUT2D eigenvalue weighted by Gasteiger charge is -2.46. The molecule has 6 heteroatoms. The summed E-state index contributed by atoms with van der Waals surface area (Å²) in [6.45, 7) is 5.03. The Bertz CT molecular complexity index is 552. The van der Waals surface area contributed by atoms with Gasteiger partial charge in [0.25, 0.3) is 5.91 Å². The smallest absolute Gasteiger partial charge is 0.257 e. The molecule has 0 spiro atoms. The molecule has 3 rings (SSSR count). The van der Waals surface area contributed by atoms with Crippen LogP contribution in [0.15, 0.2) is 18.2 Å². The summed E-state index contributed by atoms with van der Waals surface area (Å²) in [6, 6.07) is 3.89. The monoisotopic (exact) mass is 293 g/mol. The third-order valence-electron chi connectivity index (χ3n) is 4.36. The maximum Gasteiger partial charge on any atom is 0.257 e. The van der Waals surface area contributed by atoms with E-state index in [4.69, 9.17) is 0 Å². The van der Waals surface area contributed by atoms with Gasteiger partial charge in [-0.25, -0.2) is 4.39 Å². The normalized spacial score (nSPS) is 23.9. The number of aromatic hydroxyl groups is 1. The number of nitrogens with zero attached hydrogens (tertiary/aromatic N) is 3. The van der Waals surface area contributed by atoms with Crippen LogP contribution in [0.25, 0.3) is 0 Å². The number of amides is 1. The highest BCUT2D eigenvalue weighted by Gasteiger charge is 2.33. The number of fused-ring (bicyclic) bond motifs is 1. The Hall–Kier alpha value is -1.66.